The SMILES string of the molecule is COc1ncc(C[C@@H](C)N)s1. The van der Waals surface area contributed by atoms with Crippen molar-refractivity contribution in [3.05, 3.63) is 11.1 Å². The molecule has 0 aliphatic rings. The number of ether oxygens (including phenoxy) is 1. The number of aromatic nitrogens is 1. The van der Waals surface area contributed by atoms with Gasteiger partial charge in [0.15, 0.2) is 0 Å². The summed E-state index contributed by atoms with van der Waals surface area (Å²) in [7, 11) is 1.62. The first-order valence-electron chi connectivity index (χ1n) is 3.46. The molecule has 0 bridgehead atoms. The zero-order chi connectivity index (χ0) is 8.27. The molecule has 1 aromatic rings. The Kier molecular flexibility index (Phi) is 2.84. The number of nitrogens with zero attached hydrogens (tertiary/aromatic N) is 1. The molecule has 11 heavy (non-hydrogen) atoms. The molecule has 1 heterocycles. The Morgan fingerprint density at radius 3 is 3.00 bits per heavy atom. The number of hydrogen-bond donors (Lipinski definition) is 1. The van der Waals surface area contributed by atoms with Crippen molar-refractivity contribution in [3.63, 3.8) is 0 Å². The quantitative estimate of drug-likeness (QED) is 0.741. The van der Waals surface area contributed by atoms with Crippen LogP contribution in [0.15, 0.2) is 6.20 Å². The summed E-state index contributed by atoms with van der Waals surface area (Å²) in [5, 5.41) is 0.709. The highest BCUT2D eigenvalue weighted by atomic mass is 32.1. The summed E-state index contributed by atoms with van der Waals surface area (Å²) in [6.45, 7) is 1.98. The van der Waals surface area contributed by atoms with Crippen molar-refractivity contribution in [2.75, 3.05) is 7.11 Å². The van der Waals surface area contributed by atoms with Gasteiger partial charge in [0, 0.05) is 17.1 Å². The standard InChI is InChI=1S/C7H12N2OS/c1-5(8)3-6-4-9-7(10-2)11-6/h4-5H,3,8H2,1-2H3/t5-/m1/s1. The molecule has 0 amide bonds. The minimum absolute atomic E-state index is 0.195. The van der Waals surface area contributed by atoms with Crippen LogP contribution in [0, 0.1) is 0 Å². The lowest BCUT2D eigenvalue weighted by Crippen LogP contribution is -2.16. The van der Waals surface area contributed by atoms with Gasteiger partial charge in [-0.15, -0.1) is 0 Å². The van der Waals surface area contributed by atoms with E-state index in [0.29, 0.717) is 5.19 Å². The van der Waals surface area contributed by atoms with E-state index in [1.807, 2.05) is 13.1 Å². The lowest BCUT2D eigenvalue weighted by atomic mass is 10.2. The van der Waals surface area contributed by atoms with E-state index in [0.717, 1.165) is 6.42 Å². The molecule has 1 atom stereocenters. The van der Waals surface area contributed by atoms with Gasteiger partial charge in [-0.05, 0) is 13.3 Å². The molecule has 0 aliphatic heterocycles. The highest BCUT2D eigenvalue weighted by Gasteiger charge is 2.03. The van der Waals surface area contributed by atoms with Gasteiger partial charge in [-0.1, -0.05) is 11.3 Å². The fourth-order valence-electron chi connectivity index (χ4n) is 0.796. The van der Waals surface area contributed by atoms with Crippen molar-refractivity contribution in [1.82, 2.24) is 4.98 Å². The maximum Gasteiger partial charge on any atom is 0.273 e. The molecule has 62 valence electrons. The molecular weight excluding hydrogens is 160 g/mol. The van der Waals surface area contributed by atoms with Crippen molar-refractivity contribution in [1.29, 1.82) is 0 Å². The second-order valence-electron chi connectivity index (χ2n) is 2.48. The molecule has 0 fully saturated rings. The van der Waals surface area contributed by atoms with Crippen LogP contribution in [0.4, 0.5) is 0 Å². The molecule has 0 unspecified atom stereocenters. The molecule has 3 nitrogen and oxygen atoms in total. The van der Waals surface area contributed by atoms with Gasteiger partial charge in [0.1, 0.15) is 0 Å². The van der Waals surface area contributed by atoms with Crippen LogP contribution in [0.1, 0.15) is 11.8 Å². The predicted octanol–water partition coefficient (Wildman–Crippen LogP) is 1.04. The third-order valence-corrected chi connectivity index (χ3v) is 2.21. The van der Waals surface area contributed by atoms with E-state index in [1.54, 1.807) is 18.4 Å². The summed E-state index contributed by atoms with van der Waals surface area (Å²) in [5.74, 6) is 0. The average Bonchev–Trinajstić information content (AvgIpc) is 2.34. The fraction of sp³-hybridized carbons (Fsp3) is 0.571. The molecule has 1 aromatic heterocycles. The molecule has 0 saturated carbocycles. The highest BCUT2D eigenvalue weighted by Crippen LogP contribution is 2.20. The highest BCUT2D eigenvalue weighted by molar-refractivity contribution is 7.13. The summed E-state index contributed by atoms with van der Waals surface area (Å²) in [5.41, 5.74) is 5.61. The number of rotatable bonds is 3. The number of methoxy groups -OCH3 is 1. The molecule has 0 spiro atoms. The van der Waals surface area contributed by atoms with E-state index in [-0.39, 0.29) is 6.04 Å². The maximum atomic E-state index is 5.61. The number of nitrogens with two attached hydrogens (primary N) is 1. The van der Waals surface area contributed by atoms with Crippen LogP contribution in [0.3, 0.4) is 0 Å². The van der Waals surface area contributed by atoms with Crippen molar-refractivity contribution in [2.24, 2.45) is 5.73 Å². The molecule has 0 radical (unpaired) electrons. The minimum atomic E-state index is 0.195. The second-order valence-corrected chi connectivity index (χ2v) is 3.56. The monoisotopic (exact) mass is 172 g/mol. The van der Waals surface area contributed by atoms with Crippen LogP contribution in [0.25, 0.3) is 0 Å². The molecule has 0 aromatic carbocycles. The van der Waals surface area contributed by atoms with Gasteiger partial charge in [0.2, 0.25) is 0 Å². The van der Waals surface area contributed by atoms with Crippen LogP contribution < -0.4 is 10.5 Å². The third-order valence-electron chi connectivity index (χ3n) is 1.23. The van der Waals surface area contributed by atoms with Crippen LogP contribution in [0.2, 0.25) is 0 Å². The van der Waals surface area contributed by atoms with Crippen LogP contribution in [-0.4, -0.2) is 18.1 Å². The average molecular weight is 172 g/mol. The van der Waals surface area contributed by atoms with Crippen LogP contribution in [0.5, 0.6) is 5.19 Å². The first-order valence-corrected chi connectivity index (χ1v) is 4.28. The zero-order valence-electron chi connectivity index (χ0n) is 6.70. The Balaban J connectivity index is 2.58. The fourth-order valence-corrected chi connectivity index (χ4v) is 1.66. The summed E-state index contributed by atoms with van der Waals surface area (Å²) in [6.07, 6.45) is 2.69. The first kappa shape index (κ1) is 8.49. The largest absolute Gasteiger partial charge is 0.473 e. The second kappa shape index (κ2) is 3.69. The molecular formula is C7H12N2OS. The third kappa shape index (κ3) is 2.48. The maximum absolute atomic E-state index is 5.61. The summed E-state index contributed by atoms with van der Waals surface area (Å²) in [6, 6.07) is 0.195. The smallest absolute Gasteiger partial charge is 0.273 e. The van der Waals surface area contributed by atoms with Gasteiger partial charge in [-0.3, -0.25) is 0 Å². The van der Waals surface area contributed by atoms with E-state index < -0.39 is 0 Å². The van der Waals surface area contributed by atoms with Crippen molar-refractivity contribution < 1.29 is 4.74 Å². The van der Waals surface area contributed by atoms with Crippen molar-refractivity contribution in [2.45, 2.75) is 19.4 Å². The zero-order valence-corrected chi connectivity index (χ0v) is 7.52. The van der Waals surface area contributed by atoms with Gasteiger partial charge in [-0.2, -0.15) is 0 Å². The van der Waals surface area contributed by atoms with E-state index in [9.17, 15) is 0 Å². The minimum Gasteiger partial charge on any atom is -0.473 e. The predicted molar refractivity (Wildman–Crippen MR) is 46.0 cm³/mol. The lowest BCUT2D eigenvalue weighted by molar-refractivity contribution is 0.412. The topological polar surface area (TPSA) is 48.1 Å². The number of thiazole rings is 1. The summed E-state index contributed by atoms with van der Waals surface area (Å²) >= 11 is 1.55. The number of hydrogen-bond acceptors (Lipinski definition) is 4. The molecule has 0 saturated heterocycles. The van der Waals surface area contributed by atoms with Gasteiger partial charge in [-0.25, -0.2) is 4.98 Å². The van der Waals surface area contributed by atoms with Gasteiger partial charge in [0.25, 0.3) is 5.19 Å². The molecule has 2 N–H and O–H groups in total. The Labute approximate surface area is 70.2 Å². The van der Waals surface area contributed by atoms with E-state index in [1.165, 1.54) is 4.88 Å². The Morgan fingerprint density at radius 1 is 1.82 bits per heavy atom. The van der Waals surface area contributed by atoms with Crippen molar-refractivity contribution in [3.8, 4) is 5.19 Å². The van der Waals surface area contributed by atoms with E-state index in [4.69, 9.17) is 10.5 Å². The Morgan fingerprint density at radius 2 is 2.55 bits per heavy atom. The summed E-state index contributed by atoms with van der Waals surface area (Å²) < 4.78 is 4.94. The molecule has 1 rings (SSSR count). The Bertz CT molecular complexity index is 222. The van der Waals surface area contributed by atoms with Gasteiger partial charge < -0.3 is 10.5 Å². The van der Waals surface area contributed by atoms with E-state index in [2.05, 4.69) is 4.98 Å². The Hall–Kier alpha value is -0.610. The first-order chi connectivity index (χ1) is 5.22. The van der Waals surface area contributed by atoms with Crippen molar-refractivity contribution >= 4 is 11.3 Å². The van der Waals surface area contributed by atoms with Crippen LogP contribution in [-0.2, 0) is 6.42 Å². The van der Waals surface area contributed by atoms with E-state index >= 15 is 0 Å². The van der Waals surface area contributed by atoms with Gasteiger partial charge in [0.05, 0.1) is 7.11 Å². The molecule has 0 aliphatic carbocycles. The molecule has 4 heteroatoms. The van der Waals surface area contributed by atoms with Gasteiger partial charge >= 0.3 is 0 Å². The lowest BCUT2D eigenvalue weighted by Gasteiger charge is -1.98. The summed E-state index contributed by atoms with van der Waals surface area (Å²) in [4.78, 5) is 5.21. The normalized spacial score (nSPS) is 13.0. The van der Waals surface area contributed by atoms with Crippen LogP contribution >= 0.6 is 11.3 Å².